The fraction of sp³-hybridized carbons (Fsp3) is 0.632. The normalized spacial score (nSPS) is 30.2. The van der Waals surface area contributed by atoms with Gasteiger partial charge in [0, 0.05) is 12.0 Å². The van der Waals surface area contributed by atoms with E-state index < -0.39 is 0 Å². The van der Waals surface area contributed by atoms with Gasteiger partial charge >= 0.3 is 0 Å². The minimum absolute atomic E-state index is 0. The first-order valence-electron chi connectivity index (χ1n) is 8.77. The van der Waals surface area contributed by atoms with E-state index in [-0.39, 0.29) is 42.1 Å². The maximum absolute atomic E-state index is 13.4. The van der Waals surface area contributed by atoms with Crippen molar-refractivity contribution in [2.24, 2.45) is 23.5 Å². The maximum atomic E-state index is 13.4. The van der Waals surface area contributed by atoms with E-state index in [2.05, 4.69) is 5.32 Å². The molecule has 0 saturated heterocycles. The topological polar surface area (TPSA) is 55.1 Å². The Morgan fingerprint density at radius 1 is 1.29 bits per heavy atom. The van der Waals surface area contributed by atoms with Crippen LogP contribution >= 0.6 is 12.4 Å². The summed E-state index contributed by atoms with van der Waals surface area (Å²) >= 11 is 0. The molecule has 0 heterocycles. The molecule has 24 heavy (non-hydrogen) atoms. The predicted octanol–water partition coefficient (Wildman–Crippen LogP) is 3.89. The van der Waals surface area contributed by atoms with Crippen molar-refractivity contribution < 1.29 is 9.18 Å². The molecule has 2 bridgehead atoms. The van der Waals surface area contributed by atoms with Crippen LogP contribution in [0, 0.1) is 30.5 Å². The second-order valence-corrected chi connectivity index (χ2v) is 7.44. The molecule has 1 aromatic rings. The highest BCUT2D eigenvalue weighted by Crippen LogP contribution is 2.42. The van der Waals surface area contributed by atoms with Gasteiger partial charge < -0.3 is 11.1 Å². The number of hydrogen-bond donors (Lipinski definition) is 2. The van der Waals surface area contributed by atoms with E-state index >= 15 is 0 Å². The van der Waals surface area contributed by atoms with Crippen LogP contribution in [0.15, 0.2) is 18.2 Å². The first-order chi connectivity index (χ1) is 11.0. The molecule has 5 heteroatoms. The Kier molecular flexibility index (Phi) is 6.27. The first kappa shape index (κ1) is 19.2. The molecular formula is C19H28ClFN2O. The van der Waals surface area contributed by atoms with E-state index in [1.54, 1.807) is 13.0 Å². The van der Waals surface area contributed by atoms with Crippen molar-refractivity contribution in [1.29, 1.82) is 0 Å². The molecule has 134 valence electrons. The first-order valence-corrected chi connectivity index (χ1v) is 8.77. The molecule has 2 aliphatic rings. The van der Waals surface area contributed by atoms with Gasteiger partial charge in [-0.3, -0.25) is 4.79 Å². The molecule has 3 N–H and O–H groups in total. The number of amides is 1. The number of fused-ring (bicyclic) bond motifs is 2. The Bertz CT molecular complexity index is 581. The molecule has 0 aliphatic heterocycles. The third-order valence-electron chi connectivity index (χ3n) is 5.82. The molecule has 0 aromatic heterocycles. The molecule has 3 unspecified atom stereocenters. The summed E-state index contributed by atoms with van der Waals surface area (Å²) < 4.78 is 13.4. The van der Waals surface area contributed by atoms with Crippen LogP contribution in [0.5, 0.6) is 0 Å². The monoisotopic (exact) mass is 354 g/mol. The Balaban J connectivity index is 0.00000208. The molecule has 2 fully saturated rings. The minimum atomic E-state index is -0.207. The largest absolute Gasteiger partial charge is 0.349 e. The van der Waals surface area contributed by atoms with Crippen molar-refractivity contribution >= 4 is 18.3 Å². The molecule has 3 rings (SSSR count). The molecule has 1 amide bonds. The molecular weight excluding hydrogens is 327 g/mol. The minimum Gasteiger partial charge on any atom is -0.349 e. The summed E-state index contributed by atoms with van der Waals surface area (Å²) in [4.78, 5) is 12.6. The SMILES string of the molecule is Cc1cc(C(C)NC(=O)C2CC3CCCC(C2)C3N)ccc1F.Cl. The van der Waals surface area contributed by atoms with E-state index in [4.69, 9.17) is 5.73 Å². The lowest BCUT2D eigenvalue weighted by atomic mass is 9.65. The quantitative estimate of drug-likeness (QED) is 0.865. The van der Waals surface area contributed by atoms with Crippen LogP contribution < -0.4 is 11.1 Å². The summed E-state index contributed by atoms with van der Waals surface area (Å²) in [6.45, 7) is 3.71. The van der Waals surface area contributed by atoms with Crippen molar-refractivity contribution in [2.45, 2.75) is 58.0 Å². The van der Waals surface area contributed by atoms with Gasteiger partial charge in [-0.2, -0.15) is 0 Å². The van der Waals surface area contributed by atoms with Gasteiger partial charge in [-0.25, -0.2) is 4.39 Å². The second-order valence-electron chi connectivity index (χ2n) is 7.44. The van der Waals surface area contributed by atoms with Crippen LogP contribution in [-0.2, 0) is 4.79 Å². The Morgan fingerprint density at radius 2 is 1.92 bits per heavy atom. The van der Waals surface area contributed by atoms with Crippen LogP contribution in [0.3, 0.4) is 0 Å². The van der Waals surface area contributed by atoms with Gasteiger partial charge in [-0.15, -0.1) is 12.4 Å². The highest BCUT2D eigenvalue weighted by atomic mass is 35.5. The van der Waals surface area contributed by atoms with Crippen molar-refractivity contribution in [3.8, 4) is 0 Å². The van der Waals surface area contributed by atoms with E-state index in [1.807, 2.05) is 13.0 Å². The van der Waals surface area contributed by atoms with Crippen LogP contribution in [0.2, 0.25) is 0 Å². The lowest BCUT2D eigenvalue weighted by Crippen LogP contribution is -2.49. The van der Waals surface area contributed by atoms with E-state index in [0.29, 0.717) is 17.4 Å². The van der Waals surface area contributed by atoms with Gasteiger partial charge in [0.25, 0.3) is 0 Å². The zero-order chi connectivity index (χ0) is 16.6. The zero-order valence-electron chi connectivity index (χ0n) is 14.4. The number of nitrogens with one attached hydrogen (secondary N) is 1. The highest BCUT2D eigenvalue weighted by Gasteiger charge is 2.40. The fourth-order valence-electron chi connectivity index (χ4n) is 4.36. The average Bonchev–Trinajstić information content (AvgIpc) is 2.49. The van der Waals surface area contributed by atoms with Crippen molar-refractivity contribution in [2.75, 3.05) is 0 Å². The van der Waals surface area contributed by atoms with Crippen molar-refractivity contribution in [1.82, 2.24) is 5.32 Å². The van der Waals surface area contributed by atoms with Crippen LogP contribution in [0.25, 0.3) is 0 Å². The summed E-state index contributed by atoms with van der Waals surface area (Å²) in [6, 6.07) is 5.21. The van der Waals surface area contributed by atoms with Crippen molar-refractivity contribution in [3.63, 3.8) is 0 Å². The summed E-state index contributed by atoms with van der Waals surface area (Å²) in [5, 5.41) is 3.11. The molecule has 3 nitrogen and oxygen atoms in total. The van der Waals surface area contributed by atoms with Gasteiger partial charge in [-0.05, 0) is 68.6 Å². The fourth-order valence-corrected chi connectivity index (χ4v) is 4.36. The molecule has 0 radical (unpaired) electrons. The Hall–Kier alpha value is -1.13. The average molecular weight is 355 g/mol. The van der Waals surface area contributed by atoms with Gasteiger partial charge in [0.2, 0.25) is 5.91 Å². The second kappa shape index (κ2) is 7.83. The number of halogens is 2. The summed E-state index contributed by atoms with van der Waals surface area (Å²) in [7, 11) is 0. The van der Waals surface area contributed by atoms with Gasteiger partial charge in [-0.1, -0.05) is 18.6 Å². The standard InChI is InChI=1S/C19H27FN2O.ClH/c1-11-8-13(6-7-17(11)20)12(2)22-19(23)16-9-14-4-3-5-15(10-16)18(14)21;/h6-8,12,14-16,18H,3-5,9-10,21H2,1-2H3,(H,22,23);1H. The number of carbonyl (C=O) groups is 1. The number of aryl methyl sites for hydroxylation is 1. The zero-order valence-corrected chi connectivity index (χ0v) is 15.2. The lowest BCUT2D eigenvalue weighted by molar-refractivity contribution is -0.128. The molecule has 0 spiro atoms. The van der Waals surface area contributed by atoms with Gasteiger partial charge in [0.05, 0.1) is 6.04 Å². The Labute approximate surface area is 150 Å². The van der Waals surface area contributed by atoms with Gasteiger partial charge in [0.15, 0.2) is 0 Å². The van der Waals surface area contributed by atoms with E-state index in [1.165, 1.54) is 12.5 Å². The van der Waals surface area contributed by atoms with Gasteiger partial charge in [0.1, 0.15) is 5.82 Å². The van der Waals surface area contributed by atoms with Crippen LogP contribution in [-0.4, -0.2) is 11.9 Å². The van der Waals surface area contributed by atoms with E-state index in [9.17, 15) is 9.18 Å². The molecule has 2 aliphatic carbocycles. The summed E-state index contributed by atoms with van der Waals surface area (Å²) in [5.74, 6) is 1.00. The Morgan fingerprint density at radius 3 is 2.50 bits per heavy atom. The lowest BCUT2D eigenvalue weighted by Gasteiger charge is -2.43. The van der Waals surface area contributed by atoms with Crippen LogP contribution in [0.4, 0.5) is 4.39 Å². The number of carbonyl (C=O) groups excluding carboxylic acids is 1. The third-order valence-corrected chi connectivity index (χ3v) is 5.82. The molecule has 2 saturated carbocycles. The van der Waals surface area contributed by atoms with Crippen molar-refractivity contribution in [3.05, 3.63) is 35.1 Å². The highest BCUT2D eigenvalue weighted by molar-refractivity contribution is 5.85. The molecule has 1 aromatic carbocycles. The third kappa shape index (κ3) is 3.92. The van der Waals surface area contributed by atoms with Crippen LogP contribution in [0.1, 0.15) is 56.2 Å². The number of hydrogen-bond acceptors (Lipinski definition) is 2. The predicted molar refractivity (Wildman–Crippen MR) is 96.5 cm³/mol. The summed E-state index contributed by atoms with van der Waals surface area (Å²) in [5.41, 5.74) is 7.86. The summed E-state index contributed by atoms with van der Waals surface area (Å²) in [6.07, 6.45) is 5.41. The maximum Gasteiger partial charge on any atom is 0.223 e. The smallest absolute Gasteiger partial charge is 0.223 e. The molecule has 3 atom stereocenters. The number of rotatable bonds is 3. The number of nitrogens with two attached hydrogens (primary N) is 1. The van der Waals surface area contributed by atoms with E-state index in [0.717, 1.165) is 31.2 Å². The number of benzene rings is 1.